The van der Waals surface area contributed by atoms with E-state index in [4.69, 9.17) is 9.84 Å². The lowest BCUT2D eigenvalue weighted by Crippen LogP contribution is -2.26. The van der Waals surface area contributed by atoms with E-state index in [-0.39, 0.29) is 0 Å². The number of hydrogen-bond acceptors (Lipinski definition) is 5. The normalized spacial score (nSPS) is 10.5. The van der Waals surface area contributed by atoms with Crippen LogP contribution in [0.15, 0.2) is 22.9 Å². The van der Waals surface area contributed by atoms with E-state index in [1.807, 2.05) is 51.4 Å². The van der Waals surface area contributed by atoms with Crippen molar-refractivity contribution in [3.8, 4) is 0 Å². The van der Waals surface area contributed by atoms with E-state index in [9.17, 15) is 9.59 Å². The number of aryl methyl sites for hydroxylation is 2. The Bertz CT molecular complexity index is 668. The first kappa shape index (κ1) is 19.2. The van der Waals surface area contributed by atoms with Gasteiger partial charge in [0.2, 0.25) is 0 Å². The SMILES string of the molecule is Cc1csc(C(=O)O)c1.Cc1csc(NC(=O)OC(C)(C)C)c1. The van der Waals surface area contributed by atoms with Crippen molar-refractivity contribution in [3.63, 3.8) is 0 Å². The Hall–Kier alpha value is -1.86. The Morgan fingerprint density at radius 3 is 2.00 bits per heavy atom. The molecule has 2 rings (SSSR count). The minimum absolute atomic E-state index is 0.403. The van der Waals surface area contributed by atoms with Crippen LogP contribution in [0.4, 0.5) is 9.80 Å². The predicted octanol–water partition coefficient (Wildman–Crippen LogP) is 5.16. The maximum absolute atomic E-state index is 11.3. The number of nitrogens with one attached hydrogen (secondary N) is 1. The van der Waals surface area contributed by atoms with Crippen LogP contribution in [0.1, 0.15) is 41.6 Å². The van der Waals surface area contributed by atoms with Crippen LogP contribution < -0.4 is 5.32 Å². The molecule has 1 amide bonds. The number of ether oxygens (including phenoxy) is 1. The molecule has 2 aromatic rings. The van der Waals surface area contributed by atoms with E-state index in [0.717, 1.165) is 16.1 Å². The molecule has 0 bridgehead atoms. The van der Waals surface area contributed by atoms with Crippen molar-refractivity contribution in [2.45, 2.75) is 40.2 Å². The monoisotopic (exact) mass is 355 g/mol. The smallest absolute Gasteiger partial charge is 0.412 e. The van der Waals surface area contributed by atoms with Crippen molar-refractivity contribution in [3.05, 3.63) is 38.9 Å². The zero-order valence-corrected chi connectivity index (χ0v) is 15.4. The van der Waals surface area contributed by atoms with Crippen molar-refractivity contribution in [2.75, 3.05) is 5.32 Å². The molecule has 2 aromatic heterocycles. The van der Waals surface area contributed by atoms with Crippen molar-refractivity contribution in [1.29, 1.82) is 0 Å². The second-order valence-electron chi connectivity index (χ2n) is 5.91. The Labute approximate surface area is 143 Å². The number of aromatic carboxylic acids is 1. The van der Waals surface area contributed by atoms with Gasteiger partial charge in [0.05, 0.1) is 5.00 Å². The fraction of sp³-hybridized carbons (Fsp3) is 0.375. The summed E-state index contributed by atoms with van der Waals surface area (Å²) in [6.07, 6.45) is -0.403. The average molecular weight is 355 g/mol. The van der Waals surface area contributed by atoms with E-state index in [2.05, 4.69) is 5.32 Å². The largest absolute Gasteiger partial charge is 0.477 e. The third kappa shape index (κ3) is 7.80. The Balaban J connectivity index is 0.000000253. The van der Waals surface area contributed by atoms with Gasteiger partial charge < -0.3 is 9.84 Å². The molecule has 0 aromatic carbocycles. The van der Waals surface area contributed by atoms with E-state index in [1.54, 1.807) is 6.07 Å². The third-order valence-electron chi connectivity index (χ3n) is 2.30. The van der Waals surface area contributed by atoms with Crippen LogP contribution >= 0.6 is 22.7 Å². The second kappa shape index (κ2) is 8.12. The van der Waals surface area contributed by atoms with Gasteiger partial charge in [-0.15, -0.1) is 22.7 Å². The van der Waals surface area contributed by atoms with Crippen LogP contribution in [-0.4, -0.2) is 22.8 Å². The first-order valence-corrected chi connectivity index (χ1v) is 8.66. The van der Waals surface area contributed by atoms with Crippen LogP contribution in [0, 0.1) is 13.8 Å². The molecule has 23 heavy (non-hydrogen) atoms. The Morgan fingerprint density at radius 2 is 1.65 bits per heavy atom. The molecule has 0 atom stereocenters. The quantitative estimate of drug-likeness (QED) is 0.780. The molecule has 0 fully saturated rings. The number of anilines is 1. The van der Waals surface area contributed by atoms with Gasteiger partial charge in [-0.1, -0.05) is 0 Å². The fourth-order valence-electron chi connectivity index (χ4n) is 1.44. The maximum atomic E-state index is 11.3. The van der Waals surface area contributed by atoms with Gasteiger partial charge in [0.15, 0.2) is 0 Å². The minimum atomic E-state index is -0.840. The molecule has 5 nitrogen and oxygen atoms in total. The number of hydrogen-bond donors (Lipinski definition) is 2. The molecule has 0 aliphatic heterocycles. The van der Waals surface area contributed by atoms with Gasteiger partial charge in [-0.05, 0) is 68.6 Å². The molecule has 0 saturated heterocycles. The molecule has 0 aliphatic rings. The molecule has 2 N–H and O–H groups in total. The molecule has 2 heterocycles. The van der Waals surface area contributed by atoms with Gasteiger partial charge in [-0.2, -0.15) is 0 Å². The second-order valence-corrected chi connectivity index (χ2v) is 7.73. The highest BCUT2D eigenvalue weighted by Gasteiger charge is 2.16. The topological polar surface area (TPSA) is 75.6 Å². The van der Waals surface area contributed by atoms with Gasteiger partial charge in [-0.25, -0.2) is 9.59 Å². The molecular weight excluding hydrogens is 334 g/mol. The summed E-state index contributed by atoms with van der Waals surface area (Å²) in [7, 11) is 0. The van der Waals surface area contributed by atoms with E-state index in [0.29, 0.717) is 4.88 Å². The van der Waals surface area contributed by atoms with Crippen molar-refractivity contribution in [1.82, 2.24) is 0 Å². The maximum Gasteiger partial charge on any atom is 0.412 e. The number of carbonyl (C=O) groups excluding carboxylic acids is 1. The summed E-state index contributed by atoms with van der Waals surface area (Å²) in [6, 6.07) is 3.57. The summed E-state index contributed by atoms with van der Waals surface area (Å²) in [5, 5.41) is 15.7. The molecular formula is C16H21NO4S2. The van der Waals surface area contributed by atoms with Gasteiger partial charge in [0, 0.05) is 0 Å². The highest BCUT2D eigenvalue weighted by atomic mass is 32.1. The van der Waals surface area contributed by atoms with Crippen LogP contribution in [-0.2, 0) is 4.74 Å². The average Bonchev–Trinajstić information content (AvgIpc) is 2.97. The number of carbonyl (C=O) groups is 2. The summed E-state index contributed by atoms with van der Waals surface area (Å²) in [4.78, 5) is 21.9. The summed E-state index contributed by atoms with van der Waals surface area (Å²) < 4.78 is 5.11. The lowest BCUT2D eigenvalue weighted by molar-refractivity contribution is 0.0634. The number of thiophene rings is 2. The lowest BCUT2D eigenvalue weighted by Gasteiger charge is -2.19. The number of amides is 1. The van der Waals surface area contributed by atoms with Crippen molar-refractivity contribution < 1.29 is 19.4 Å². The molecule has 7 heteroatoms. The standard InChI is InChI=1S/C10H15NO2S.C6H6O2S/c1-7-5-8(14-6-7)11-9(12)13-10(2,3)4;1-4-2-5(6(7)8)9-3-4/h5-6H,1-4H3,(H,11,12);2-3H,1H3,(H,7,8). The number of carboxylic acids is 1. The summed E-state index contributed by atoms with van der Waals surface area (Å²) in [6.45, 7) is 9.38. The number of rotatable bonds is 2. The van der Waals surface area contributed by atoms with E-state index < -0.39 is 17.7 Å². The molecule has 0 spiro atoms. The van der Waals surface area contributed by atoms with Crippen LogP contribution in [0.2, 0.25) is 0 Å². The Kier molecular flexibility index (Phi) is 6.78. The predicted molar refractivity (Wildman–Crippen MR) is 94.9 cm³/mol. The molecule has 0 radical (unpaired) electrons. The van der Waals surface area contributed by atoms with Crippen molar-refractivity contribution in [2.24, 2.45) is 0 Å². The highest BCUT2D eigenvalue weighted by molar-refractivity contribution is 7.14. The fourth-order valence-corrected chi connectivity index (χ4v) is 2.96. The molecule has 0 saturated carbocycles. The summed E-state index contributed by atoms with van der Waals surface area (Å²) in [5.41, 5.74) is 1.70. The van der Waals surface area contributed by atoms with E-state index in [1.165, 1.54) is 22.7 Å². The molecule has 0 unspecified atom stereocenters. The third-order valence-corrected chi connectivity index (χ3v) is 4.30. The summed E-state index contributed by atoms with van der Waals surface area (Å²) >= 11 is 2.75. The zero-order valence-electron chi connectivity index (χ0n) is 13.8. The van der Waals surface area contributed by atoms with Gasteiger partial charge in [0.25, 0.3) is 0 Å². The highest BCUT2D eigenvalue weighted by Crippen LogP contribution is 2.20. The van der Waals surface area contributed by atoms with Gasteiger partial charge in [-0.3, -0.25) is 5.32 Å². The summed E-state index contributed by atoms with van der Waals surface area (Å²) in [5.74, 6) is -0.840. The van der Waals surface area contributed by atoms with E-state index >= 15 is 0 Å². The number of carboxylic acid groups (broad SMARTS) is 1. The van der Waals surface area contributed by atoms with Crippen LogP contribution in [0.3, 0.4) is 0 Å². The Morgan fingerprint density at radius 1 is 1.09 bits per heavy atom. The lowest BCUT2D eigenvalue weighted by atomic mass is 10.2. The first-order valence-electron chi connectivity index (χ1n) is 6.90. The van der Waals surface area contributed by atoms with Crippen molar-refractivity contribution >= 4 is 39.7 Å². The van der Waals surface area contributed by atoms with Crippen LogP contribution in [0.25, 0.3) is 0 Å². The first-order chi connectivity index (χ1) is 10.6. The minimum Gasteiger partial charge on any atom is -0.477 e. The van der Waals surface area contributed by atoms with Crippen LogP contribution in [0.5, 0.6) is 0 Å². The molecule has 0 aliphatic carbocycles. The van der Waals surface area contributed by atoms with Gasteiger partial charge >= 0.3 is 12.1 Å². The molecule has 126 valence electrons. The van der Waals surface area contributed by atoms with Gasteiger partial charge in [0.1, 0.15) is 10.5 Å². The zero-order chi connectivity index (χ0) is 17.6.